The number of carbonyl (C=O) groups excluding carboxylic acids is 1. The molecule has 0 saturated carbocycles. The number of amides is 1. The van der Waals surface area contributed by atoms with Gasteiger partial charge in [-0.3, -0.25) is 9.59 Å². The van der Waals surface area contributed by atoms with Crippen molar-refractivity contribution in [1.82, 2.24) is 19.7 Å². The average Bonchev–Trinajstić information content (AvgIpc) is 3.31. The van der Waals surface area contributed by atoms with Gasteiger partial charge < -0.3 is 10.1 Å². The van der Waals surface area contributed by atoms with E-state index in [-0.39, 0.29) is 23.0 Å². The number of ether oxygens (including phenoxy) is 1. The lowest BCUT2D eigenvalue weighted by Crippen LogP contribution is -2.26. The van der Waals surface area contributed by atoms with Crippen LogP contribution < -0.4 is 15.6 Å². The number of anilines is 1. The van der Waals surface area contributed by atoms with E-state index in [2.05, 4.69) is 20.4 Å². The van der Waals surface area contributed by atoms with E-state index in [1.54, 1.807) is 13.0 Å². The van der Waals surface area contributed by atoms with Gasteiger partial charge >= 0.3 is 0 Å². The van der Waals surface area contributed by atoms with E-state index in [1.165, 1.54) is 60.1 Å². The summed E-state index contributed by atoms with van der Waals surface area (Å²) in [6.07, 6.45) is 1.33. The highest BCUT2D eigenvalue weighted by Crippen LogP contribution is 2.32. The highest BCUT2D eigenvalue weighted by Gasteiger charge is 2.17. The number of fused-ring (bicyclic) bond motifs is 1. The molecule has 11 heteroatoms. The third-order valence-electron chi connectivity index (χ3n) is 5.02. The zero-order valence-electron chi connectivity index (χ0n) is 18.0. The van der Waals surface area contributed by atoms with Crippen LogP contribution in [0.5, 0.6) is 11.6 Å². The Morgan fingerprint density at radius 3 is 2.63 bits per heavy atom. The van der Waals surface area contributed by atoms with Gasteiger partial charge in [0.15, 0.2) is 17.3 Å². The first-order valence-electron chi connectivity index (χ1n) is 10.2. The van der Waals surface area contributed by atoms with E-state index in [9.17, 15) is 18.4 Å². The Bertz CT molecular complexity index is 1630. The van der Waals surface area contributed by atoms with Crippen molar-refractivity contribution in [3.63, 3.8) is 0 Å². The first-order valence-corrected chi connectivity index (χ1v) is 11.1. The van der Waals surface area contributed by atoms with E-state index in [4.69, 9.17) is 4.74 Å². The molecule has 5 rings (SSSR count). The summed E-state index contributed by atoms with van der Waals surface area (Å²) in [5, 5.41) is 8.52. The lowest BCUT2D eigenvalue weighted by atomic mass is 10.2. The minimum atomic E-state index is -0.716. The molecule has 0 fully saturated rings. The van der Waals surface area contributed by atoms with Gasteiger partial charge in [0.05, 0.1) is 11.2 Å². The van der Waals surface area contributed by atoms with Crippen molar-refractivity contribution in [3.05, 3.63) is 99.6 Å². The molecule has 1 amide bonds. The highest BCUT2D eigenvalue weighted by molar-refractivity contribution is 7.17. The summed E-state index contributed by atoms with van der Waals surface area (Å²) in [5.74, 6) is -1.69. The number of hydrogen-bond acceptors (Lipinski definition) is 7. The zero-order chi connectivity index (χ0) is 24.5. The van der Waals surface area contributed by atoms with E-state index in [0.29, 0.717) is 21.5 Å². The number of nitrogens with zero attached hydrogens (tertiary/aromatic N) is 4. The normalized spacial score (nSPS) is 10.9. The molecule has 174 valence electrons. The topological polar surface area (TPSA) is 99.0 Å². The Kier molecular flexibility index (Phi) is 5.75. The number of carbonyl (C=O) groups is 1. The van der Waals surface area contributed by atoms with Gasteiger partial charge in [-0.2, -0.15) is 9.78 Å². The monoisotopic (exact) mass is 491 g/mol. The predicted octanol–water partition coefficient (Wildman–Crippen LogP) is 4.87. The first kappa shape index (κ1) is 22.3. The van der Waals surface area contributed by atoms with Crippen LogP contribution in [0, 0.1) is 18.6 Å². The molecular formula is C24H15F2N5O3S. The van der Waals surface area contributed by atoms with Crippen molar-refractivity contribution < 1.29 is 18.3 Å². The molecule has 0 aliphatic heterocycles. The molecular weight excluding hydrogens is 476 g/mol. The number of aryl methyl sites for hydroxylation is 1. The molecule has 0 spiro atoms. The summed E-state index contributed by atoms with van der Waals surface area (Å²) in [7, 11) is 0. The van der Waals surface area contributed by atoms with E-state index in [1.807, 2.05) is 5.38 Å². The molecule has 0 bridgehead atoms. The molecule has 0 saturated heterocycles. The molecule has 0 unspecified atom stereocenters. The van der Waals surface area contributed by atoms with Crippen molar-refractivity contribution in [2.75, 3.05) is 5.32 Å². The molecule has 3 aromatic heterocycles. The van der Waals surface area contributed by atoms with Crippen LogP contribution in [-0.2, 0) is 0 Å². The van der Waals surface area contributed by atoms with Gasteiger partial charge in [-0.15, -0.1) is 11.3 Å². The lowest BCUT2D eigenvalue weighted by Gasteiger charge is -2.11. The molecule has 0 aliphatic carbocycles. The van der Waals surface area contributed by atoms with Crippen LogP contribution >= 0.6 is 11.3 Å². The van der Waals surface area contributed by atoms with Gasteiger partial charge in [-0.05, 0) is 60.3 Å². The third kappa shape index (κ3) is 4.49. The zero-order valence-corrected chi connectivity index (χ0v) is 18.8. The van der Waals surface area contributed by atoms with Crippen LogP contribution in [0.15, 0.2) is 71.1 Å². The maximum absolute atomic E-state index is 14.8. The lowest BCUT2D eigenvalue weighted by molar-refractivity contribution is 0.102. The van der Waals surface area contributed by atoms with Crippen molar-refractivity contribution >= 4 is 33.1 Å². The molecule has 0 aliphatic rings. The molecule has 5 aromatic rings. The van der Waals surface area contributed by atoms with Crippen molar-refractivity contribution in [3.8, 4) is 17.3 Å². The Balaban J connectivity index is 1.39. The summed E-state index contributed by atoms with van der Waals surface area (Å²) in [5.41, 5.74) is 0.940. The summed E-state index contributed by atoms with van der Waals surface area (Å²) in [4.78, 5) is 33.4. The molecule has 0 atom stereocenters. The standard InChI is InChI=1S/C24H15F2N5O3S/c1-13-10-20(32)31(16-5-2-14(25)3-6-16)30-21(13)23(33)29-15-4-7-19(17(26)11-15)34-24-22-18(8-9-35-22)27-12-28-24/h2-12H,1H3,(H,29,33). The van der Waals surface area contributed by atoms with Crippen LogP contribution in [0.25, 0.3) is 15.9 Å². The van der Waals surface area contributed by atoms with Crippen LogP contribution in [0.3, 0.4) is 0 Å². The summed E-state index contributed by atoms with van der Waals surface area (Å²) < 4.78 is 35.3. The van der Waals surface area contributed by atoms with E-state index >= 15 is 0 Å². The smallest absolute Gasteiger partial charge is 0.276 e. The SMILES string of the molecule is Cc1cc(=O)n(-c2ccc(F)cc2)nc1C(=O)Nc1ccc(Oc2ncnc3ccsc23)c(F)c1. The number of thiophene rings is 1. The minimum absolute atomic E-state index is 0.0456. The van der Waals surface area contributed by atoms with E-state index < -0.39 is 23.1 Å². The fourth-order valence-electron chi connectivity index (χ4n) is 3.33. The molecule has 35 heavy (non-hydrogen) atoms. The van der Waals surface area contributed by atoms with Crippen molar-refractivity contribution in [2.45, 2.75) is 6.92 Å². The number of benzene rings is 2. The number of hydrogen-bond donors (Lipinski definition) is 1. The molecule has 3 heterocycles. The van der Waals surface area contributed by atoms with Crippen LogP contribution in [0.2, 0.25) is 0 Å². The van der Waals surface area contributed by atoms with Crippen LogP contribution in [-0.4, -0.2) is 25.7 Å². The second-order valence-corrected chi connectivity index (χ2v) is 8.33. The fourth-order valence-corrected chi connectivity index (χ4v) is 4.10. The average molecular weight is 491 g/mol. The van der Waals surface area contributed by atoms with Gasteiger partial charge in [0.25, 0.3) is 11.5 Å². The largest absolute Gasteiger partial charge is 0.434 e. The van der Waals surface area contributed by atoms with E-state index in [0.717, 1.165) is 10.7 Å². The van der Waals surface area contributed by atoms with Gasteiger partial charge in [0.2, 0.25) is 5.88 Å². The second-order valence-electron chi connectivity index (χ2n) is 7.42. The minimum Gasteiger partial charge on any atom is -0.434 e. The number of halogens is 2. The maximum atomic E-state index is 14.8. The van der Waals surface area contributed by atoms with Crippen LogP contribution in [0.1, 0.15) is 16.1 Å². The quantitative estimate of drug-likeness (QED) is 0.377. The summed E-state index contributed by atoms with van der Waals surface area (Å²) in [6.45, 7) is 1.56. The number of nitrogens with one attached hydrogen (secondary N) is 1. The van der Waals surface area contributed by atoms with Crippen molar-refractivity contribution in [2.24, 2.45) is 0 Å². The number of aromatic nitrogens is 4. The Morgan fingerprint density at radius 2 is 1.86 bits per heavy atom. The second kappa shape index (κ2) is 9.03. The first-order chi connectivity index (χ1) is 16.9. The van der Waals surface area contributed by atoms with Gasteiger partial charge in [-0.25, -0.2) is 18.7 Å². The van der Waals surface area contributed by atoms with Gasteiger partial charge in [0, 0.05) is 17.8 Å². The maximum Gasteiger partial charge on any atom is 0.276 e. The Morgan fingerprint density at radius 1 is 1.06 bits per heavy atom. The Labute approximate surface area is 200 Å². The van der Waals surface area contributed by atoms with Gasteiger partial charge in [-0.1, -0.05) is 0 Å². The molecule has 2 aromatic carbocycles. The Hall–Kier alpha value is -4.51. The van der Waals surface area contributed by atoms with Crippen molar-refractivity contribution in [1.29, 1.82) is 0 Å². The summed E-state index contributed by atoms with van der Waals surface area (Å²) >= 11 is 1.37. The fraction of sp³-hybridized carbons (Fsp3) is 0.0417. The molecule has 8 nitrogen and oxygen atoms in total. The molecule has 1 N–H and O–H groups in total. The van der Waals surface area contributed by atoms with Crippen LogP contribution in [0.4, 0.5) is 14.5 Å². The summed E-state index contributed by atoms with van der Waals surface area (Å²) in [6, 6.07) is 12.1. The van der Waals surface area contributed by atoms with Gasteiger partial charge in [0.1, 0.15) is 16.8 Å². The number of rotatable bonds is 5. The molecule has 0 radical (unpaired) electrons. The predicted molar refractivity (Wildman–Crippen MR) is 126 cm³/mol. The highest BCUT2D eigenvalue weighted by atomic mass is 32.1. The third-order valence-corrected chi connectivity index (χ3v) is 5.91.